The second kappa shape index (κ2) is 12.1. The van der Waals surface area contributed by atoms with E-state index in [1.54, 1.807) is 48.2 Å². The summed E-state index contributed by atoms with van der Waals surface area (Å²) in [6.07, 6.45) is 7.79. The Hall–Kier alpha value is -5.30. The highest BCUT2D eigenvalue weighted by Crippen LogP contribution is 2.39. The number of aryl methyl sites for hydroxylation is 1. The van der Waals surface area contributed by atoms with E-state index in [4.69, 9.17) is 14.2 Å². The molecule has 0 unspecified atom stereocenters. The molecular formula is C31H31FN8O4. The Morgan fingerprint density at radius 1 is 1.02 bits per heavy atom. The summed E-state index contributed by atoms with van der Waals surface area (Å²) in [7, 11) is 4.94. The van der Waals surface area contributed by atoms with E-state index in [0.717, 1.165) is 24.9 Å². The molecule has 0 aliphatic carbocycles. The van der Waals surface area contributed by atoms with Crippen LogP contribution < -0.4 is 24.8 Å². The number of benzene rings is 2. The summed E-state index contributed by atoms with van der Waals surface area (Å²) in [5.74, 6) is 0.774. The summed E-state index contributed by atoms with van der Waals surface area (Å²) in [5, 5.41) is 10.6. The number of carbonyl (C=O) groups is 1. The average Bonchev–Trinajstić information content (AvgIpc) is 3.66. The zero-order valence-electron chi connectivity index (χ0n) is 24.7. The summed E-state index contributed by atoms with van der Waals surface area (Å²) in [4.78, 5) is 27.8. The topological polar surface area (TPSA) is 128 Å². The fourth-order valence-electron chi connectivity index (χ4n) is 5.18. The Morgan fingerprint density at radius 2 is 1.84 bits per heavy atom. The van der Waals surface area contributed by atoms with E-state index in [1.165, 1.54) is 25.8 Å². The van der Waals surface area contributed by atoms with Crippen LogP contribution >= 0.6 is 0 Å². The minimum atomic E-state index is -0.856. The Morgan fingerprint density at radius 3 is 2.61 bits per heavy atom. The van der Waals surface area contributed by atoms with Crippen LogP contribution in [0, 0.1) is 6.92 Å². The fraction of sp³-hybridized carbons (Fsp3) is 0.258. The average molecular weight is 599 g/mol. The van der Waals surface area contributed by atoms with Crippen molar-refractivity contribution in [3.05, 3.63) is 72.7 Å². The Labute approximate surface area is 252 Å². The van der Waals surface area contributed by atoms with Crippen LogP contribution in [0.5, 0.6) is 23.0 Å². The van der Waals surface area contributed by atoms with Crippen molar-refractivity contribution in [2.75, 3.05) is 38.4 Å². The summed E-state index contributed by atoms with van der Waals surface area (Å²) in [6, 6.07) is 10.4. The molecule has 1 aliphatic rings. The first-order valence-electron chi connectivity index (χ1n) is 14.0. The number of hydrogen-bond donors (Lipinski definition) is 2. The predicted octanol–water partition coefficient (Wildman–Crippen LogP) is 5.42. The Bertz CT molecular complexity index is 1890. The number of carbonyl (C=O) groups excluding carboxylic acids is 1. The first kappa shape index (κ1) is 28.8. The van der Waals surface area contributed by atoms with Gasteiger partial charge in [-0.05, 0) is 63.2 Å². The molecule has 1 amide bonds. The summed E-state index contributed by atoms with van der Waals surface area (Å²) >= 11 is 0. The number of halogens is 1. The normalized spacial score (nSPS) is 15.5. The van der Waals surface area contributed by atoms with Crippen LogP contribution in [0.3, 0.4) is 0 Å². The van der Waals surface area contributed by atoms with Gasteiger partial charge in [0.05, 0.1) is 31.1 Å². The molecule has 2 N–H and O–H groups in total. The van der Waals surface area contributed by atoms with E-state index >= 15 is 0 Å². The van der Waals surface area contributed by atoms with E-state index in [2.05, 4.69) is 30.7 Å². The molecule has 226 valence electrons. The number of anilines is 3. The number of aromatic nitrogens is 5. The second-order valence-corrected chi connectivity index (χ2v) is 10.4. The van der Waals surface area contributed by atoms with Crippen LogP contribution in [0.15, 0.2) is 67.2 Å². The molecular weight excluding hydrogens is 567 g/mol. The lowest BCUT2D eigenvalue weighted by atomic mass is 10.1. The number of pyridine rings is 1. The second-order valence-electron chi connectivity index (χ2n) is 10.4. The maximum absolute atomic E-state index is 14.9. The minimum absolute atomic E-state index is 0.115. The standard InChI is InChI=1S/C31H31FN8O4/c1-18-10-24(28(43-4)15-26(18)44-20-7-9-40-29(12-20)34-17-36-40)37-30-21-13-25(27(42-3)14-23(21)33-16-35-30)38-31(41)22(32)11-19-6-5-8-39(19)2/h7,9-17,19H,5-6,8H2,1-4H3,(H,38,41)(H,33,35,37)/b22-11-/t19-/m0/s1. The molecule has 2 aromatic carbocycles. The molecule has 12 nitrogen and oxygen atoms in total. The number of nitrogens with one attached hydrogen (secondary N) is 2. The van der Waals surface area contributed by atoms with Crippen LogP contribution in [-0.2, 0) is 4.79 Å². The number of methoxy groups -OCH3 is 2. The van der Waals surface area contributed by atoms with Crippen LogP contribution in [0.25, 0.3) is 16.6 Å². The number of nitrogens with zero attached hydrogens (tertiary/aromatic N) is 6. The zero-order chi connectivity index (χ0) is 30.8. The summed E-state index contributed by atoms with van der Waals surface area (Å²) in [5.41, 5.74) is 2.95. The van der Waals surface area contributed by atoms with E-state index in [9.17, 15) is 9.18 Å². The largest absolute Gasteiger partial charge is 0.494 e. The molecule has 0 bridgehead atoms. The van der Waals surface area contributed by atoms with Crippen molar-refractivity contribution in [2.45, 2.75) is 25.8 Å². The predicted molar refractivity (Wildman–Crippen MR) is 164 cm³/mol. The molecule has 1 atom stereocenters. The van der Waals surface area contributed by atoms with Gasteiger partial charge in [-0.2, -0.15) is 5.10 Å². The van der Waals surface area contributed by atoms with Crippen molar-refractivity contribution in [1.29, 1.82) is 0 Å². The number of likely N-dealkylation sites (tertiary alicyclic amines) is 1. The van der Waals surface area contributed by atoms with Crippen molar-refractivity contribution in [3.63, 3.8) is 0 Å². The van der Waals surface area contributed by atoms with Gasteiger partial charge in [0.15, 0.2) is 11.5 Å². The van der Waals surface area contributed by atoms with Crippen molar-refractivity contribution in [2.24, 2.45) is 0 Å². The smallest absolute Gasteiger partial charge is 0.284 e. The van der Waals surface area contributed by atoms with Gasteiger partial charge >= 0.3 is 0 Å². The quantitative estimate of drug-likeness (QED) is 0.212. The fourth-order valence-corrected chi connectivity index (χ4v) is 5.18. The number of ether oxygens (including phenoxy) is 3. The molecule has 5 aromatic rings. The lowest BCUT2D eigenvalue weighted by Gasteiger charge is -2.17. The summed E-state index contributed by atoms with van der Waals surface area (Å²) in [6.45, 7) is 2.78. The van der Waals surface area contributed by atoms with Gasteiger partial charge < -0.3 is 24.8 Å². The van der Waals surface area contributed by atoms with E-state index < -0.39 is 11.7 Å². The molecule has 0 radical (unpaired) electrons. The molecule has 0 spiro atoms. The zero-order valence-corrected chi connectivity index (χ0v) is 24.7. The van der Waals surface area contributed by atoms with Crippen molar-refractivity contribution in [1.82, 2.24) is 29.5 Å². The first-order valence-corrected chi connectivity index (χ1v) is 14.0. The van der Waals surface area contributed by atoms with Gasteiger partial charge in [0.1, 0.15) is 41.5 Å². The maximum atomic E-state index is 14.9. The van der Waals surface area contributed by atoms with E-state index in [-0.39, 0.29) is 11.7 Å². The van der Waals surface area contributed by atoms with Crippen molar-refractivity contribution >= 4 is 39.6 Å². The number of likely N-dealkylation sites (N-methyl/N-ethyl adjacent to an activating group) is 1. The Balaban J connectivity index is 1.28. The van der Waals surface area contributed by atoms with Crippen LogP contribution in [0.1, 0.15) is 18.4 Å². The minimum Gasteiger partial charge on any atom is -0.494 e. The van der Waals surface area contributed by atoms with Gasteiger partial charge in [-0.1, -0.05) is 0 Å². The van der Waals surface area contributed by atoms with Gasteiger partial charge in [0.25, 0.3) is 5.91 Å². The highest BCUT2D eigenvalue weighted by Gasteiger charge is 2.22. The third kappa shape index (κ3) is 5.81. The van der Waals surface area contributed by atoms with Crippen LogP contribution in [-0.4, -0.2) is 69.2 Å². The Kier molecular flexibility index (Phi) is 7.94. The van der Waals surface area contributed by atoms with E-state index in [0.29, 0.717) is 51.1 Å². The third-order valence-corrected chi connectivity index (χ3v) is 7.57. The monoisotopic (exact) mass is 598 g/mol. The lowest BCUT2D eigenvalue weighted by molar-refractivity contribution is -0.114. The van der Waals surface area contributed by atoms with Gasteiger partial charge in [-0.15, -0.1) is 0 Å². The number of fused-ring (bicyclic) bond motifs is 2. The number of amides is 1. The van der Waals surface area contributed by atoms with Crippen LogP contribution in [0.4, 0.5) is 21.6 Å². The molecule has 1 saturated heterocycles. The molecule has 0 saturated carbocycles. The van der Waals surface area contributed by atoms with Crippen LogP contribution in [0.2, 0.25) is 0 Å². The van der Waals surface area contributed by atoms with Gasteiger partial charge in [-0.3, -0.25) is 9.69 Å². The maximum Gasteiger partial charge on any atom is 0.284 e. The first-order chi connectivity index (χ1) is 21.3. The SMILES string of the molecule is COc1cc2ncnc(Nc3cc(C)c(Oc4ccn5ncnc5c4)cc3OC)c2cc1NC(=O)/C(F)=C/[C@@H]1CCCN1C. The molecule has 1 fully saturated rings. The highest BCUT2D eigenvalue weighted by atomic mass is 19.1. The molecule has 4 heterocycles. The molecule has 1 aliphatic heterocycles. The molecule has 3 aromatic heterocycles. The van der Waals surface area contributed by atoms with E-state index in [1.807, 2.05) is 24.9 Å². The third-order valence-electron chi connectivity index (χ3n) is 7.57. The molecule has 6 rings (SSSR count). The van der Waals surface area contributed by atoms with Crippen molar-refractivity contribution < 1.29 is 23.4 Å². The van der Waals surface area contributed by atoms with Gasteiger partial charge in [0, 0.05) is 35.8 Å². The highest BCUT2D eigenvalue weighted by molar-refractivity contribution is 6.05. The number of rotatable bonds is 9. The summed E-state index contributed by atoms with van der Waals surface area (Å²) < 4.78 is 33.8. The lowest BCUT2D eigenvalue weighted by Crippen LogP contribution is -2.24. The number of hydrogen-bond acceptors (Lipinski definition) is 10. The van der Waals surface area contributed by atoms with Gasteiger partial charge in [-0.25, -0.2) is 23.9 Å². The molecule has 13 heteroatoms. The van der Waals surface area contributed by atoms with Gasteiger partial charge in [0.2, 0.25) is 0 Å². The molecule has 44 heavy (non-hydrogen) atoms. The van der Waals surface area contributed by atoms with Crippen molar-refractivity contribution in [3.8, 4) is 23.0 Å².